The zero-order valence-electron chi connectivity index (χ0n) is 17.1. The zero-order valence-corrected chi connectivity index (χ0v) is 17.1. The molecule has 2 aliphatic rings. The first kappa shape index (κ1) is 20.8. The molecular formula is C22H22F3N5O2. The lowest BCUT2D eigenvalue weighted by Gasteiger charge is -2.11. The van der Waals surface area contributed by atoms with Crippen molar-refractivity contribution in [1.29, 1.82) is 0 Å². The average Bonchev–Trinajstić information content (AvgIpc) is 3.67. The number of rotatable bonds is 7. The zero-order chi connectivity index (χ0) is 22.3. The van der Waals surface area contributed by atoms with Crippen LogP contribution in [0.1, 0.15) is 24.4 Å². The number of aromatic nitrogens is 2. The second-order valence-corrected chi connectivity index (χ2v) is 8.19. The second kappa shape index (κ2) is 8.10. The number of halogens is 3. The van der Waals surface area contributed by atoms with Gasteiger partial charge >= 0.3 is 12.2 Å². The number of pyridine rings is 1. The molecule has 10 heteroatoms. The molecule has 3 heterocycles. The van der Waals surface area contributed by atoms with Gasteiger partial charge in [-0.2, -0.15) is 18.2 Å². The molecular weight excluding hydrogens is 423 g/mol. The molecule has 32 heavy (non-hydrogen) atoms. The monoisotopic (exact) mass is 445 g/mol. The lowest BCUT2D eigenvalue weighted by molar-refractivity contribution is -0.122. The number of hydrogen-bond donors (Lipinski definition) is 2. The molecule has 7 nitrogen and oxygen atoms in total. The highest BCUT2D eigenvalue weighted by Gasteiger charge is 2.38. The molecule has 0 spiro atoms. The van der Waals surface area contributed by atoms with Crippen LogP contribution in [0, 0.1) is 5.92 Å². The summed E-state index contributed by atoms with van der Waals surface area (Å²) in [5.41, 5.74) is 3.90. The van der Waals surface area contributed by atoms with Crippen LogP contribution >= 0.6 is 0 Å². The van der Waals surface area contributed by atoms with E-state index in [2.05, 4.69) is 10.3 Å². The summed E-state index contributed by atoms with van der Waals surface area (Å²) in [5.74, 6) is 0.717. The number of carbonyl (C=O) groups is 1. The highest BCUT2D eigenvalue weighted by molar-refractivity contribution is 5.90. The quantitative estimate of drug-likeness (QED) is 0.530. The Morgan fingerprint density at radius 3 is 2.84 bits per heavy atom. The van der Waals surface area contributed by atoms with Gasteiger partial charge in [0.1, 0.15) is 12.2 Å². The van der Waals surface area contributed by atoms with Gasteiger partial charge in [0.25, 0.3) is 0 Å². The van der Waals surface area contributed by atoms with Crippen LogP contribution in [0.4, 0.5) is 23.7 Å². The molecule has 168 valence electrons. The fraction of sp³-hybridized carbons (Fsp3) is 0.364. The Labute approximate surface area is 182 Å². The van der Waals surface area contributed by atoms with Crippen LogP contribution in [0.2, 0.25) is 0 Å². The van der Waals surface area contributed by atoms with E-state index in [9.17, 15) is 18.0 Å². The van der Waals surface area contributed by atoms with Gasteiger partial charge in [-0.1, -0.05) is 12.1 Å². The van der Waals surface area contributed by atoms with Crippen molar-refractivity contribution >= 4 is 17.4 Å². The first-order valence-electron chi connectivity index (χ1n) is 10.4. The van der Waals surface area contributed by atoms with Crippen LogP contribution in [0.5, 0.6) is 0 Å². The number of imidazole rings is 1. The van der Waals surface area contributed by atoms with E-state index in [1.165, 1.54) is 12.8 Å². The number of carbonyl (C=O) groups excluding carboxylic acids is 1. The Kier molecular flexibility index (Phi) is 5.26. The standard InChI is InChI=1S/C22H22F3N5O2/c23-22(24,25)13-27-21(31)28-17-3-1-2-15(8-17)18-10-26-20-9-16(6-7-29(18)20)19-11-30(19)32-12-14-4-5-14/h1-3,6-10,14,19H,4-5,11-13H2,(H2,27,28,31). The third-order valence-electron chi connectivity index (χ3n) is 5.53. The molecule has 2 atom stereocenters. The molecule has 2 N–H and O–H groups in total. The molecule has 2 unspecified atom stereocenters. The summed E-state index contributed by atoms with van der Waals surface area (Å²) in [6, 6.07) is 10.3. The fourth-order valence-electron chi connectivity index (χ4n) is 3.55. The Morgan fingerprint density at radius 1 is 1.22 bits per heavy atom. The van der Waals surface area contributed by atoms with Gasteiger partial charge in [-0.3, -0.25) is 9.24 Å². The van der Waals surface area contributed by atoms with Gasteiger partial charge in [-0.15, -0.1) is 0 Å². The summed E-state index contributed by atoms with van der Waals surface area (Å²) < 4.78 is 38.7. The normalized spacial score (nSPS) is 20.3. The molecule has 0 bridgehead atoms. The molecule has 1 aromatic carbocycles. The summed E-state index contributed by atoms with van der Waals surface area (Å²) >= 11 is 0. The SMILES string of the molecule is O=C(NCC(F)(F)F)Nc1cccc(-c2cnc3cc(C4CN4OCC4CC4)ccn23)c1. The number of nitrogens with one attached hydrogen (secondary N) is 2. The first-order chi connectivity index (χ1) is 15.4. The Balaban J connectivity index is 1.27. The molecule has 1 saturated heterocycles. The highest BCUT2D eigenvalue weighted by Crippen LogP contribution is 2.38. The Bertz CT molecular complexity index is 1140. The van der Waals surface area contributed by atoms with Gasteiger partial charge in [0, 0.05) is 24.0 Å². The number of amides is 2. The van der Waals surface area contributed by atoms with E-state index in [1.54, 1.807) is 29.7 Å². The molecule has 5 rings (SSSR count). The number of benzene rings is 1. The van der Waals surface area contributed by atoms with Crippen molar-refractivity contribution < 1.29 is 22.8 Å². The predicted octanol–water partition coefficient (Wildman–Crippen LogP) is 4.38. The van der Waals surface area contributed by atoms with Crippen LogP contribution in [-0.2, 0) is 4.84 Å². The number of fused-ring (bicyclic) bond motifs is 1. The largest absolute Gasteiger partial charge is 0.405 e. The van der Waals surface area contributed by atoms with Crippen molar-refractivity contribution in [3.05, 3.63) is 54.4 Å². The van der Waals surface area contributed by atoms with Gasteiger partial charge in [0.15, 0.2) is 0 Å². The maximum absolute atomic E-state index is 12.3. The van der Waals surface area contributed by atoms with Crippen molar-refractivity contribution in [2.24, 2.45) is 5.92 Å². The van der Waals surface area contributed by atoms with E-state index in [4.69, 9.17) is 4.84 Å². The number of urea groups is 1. The summed E-state index contributed by atoms with van der Waals surface area (Å²) in [6.07, 6.45) is 1.73. The Morgan fingerprint density at radius 2 is 2.06 bits per heavy atom. The fourth-order valence-corrected chi connectivity index (χ4v) is 3.55. The summed E-state index contributed by atoms with van der Waals surface area (Å²) in [7, 11) is 0. The van der Waals surface area contributed by atoms with Crippen LogP contribution in [0.3, 0.4) is 0 Å². The van der Waals surface area contributed by atoms with E-state index < -0.39 is 18.8 Å². The number of nitrogens with zero attached hydrogens (tertiary/aromatic N) is 3. The number of hydroxylamine groups is 2. The van der Waals surface area contributed by atoms with E-state index in [-0.39, 0.29) is 6.04 Å². The second-order valence-electron chi connectivity index (χ2n) is 8.19. The smallest absolute Gasteiger partial charge is 0.329 e. The van der Waals surface area contributed by atoms with Crippen LogP contribution in [-0.4, -0.2) is 46.4 Å². The van der Waals surface area contributed by atoms with Crippen molar-refractivity contribution in [1.82, 2.24) is 19.8 Å². The third kappa shape index (κ3) is 4.86. The van der Waals surface area contributed by atoms with Gasteiger partial charge in [-0.05, 0) is 48.6 Å². The summed E-state index contributed by atoms with van der Waals surface area (Å²) in [5, 5.41) is 6.21. The molecule has 1 saturated carbocycles. The van der Waals surface area contributed by atoms with Crippen LogP contribution in [0.15, 0.2) is 48.8 Å². The number of anilines is 1. The van der Waals surface area contributed by atoms with Crippen LogP contribution < -0.4 is 10.6 Å². The van der Waals surface area contributed by atoms with E-state index in [0.29, 0.717) is 5.69 Å². The maximum atomic E-state index is 12.3. The van der Waals surface area contributed by atoms with Crippen molar-refractivity contribution in [3.8, 4) is 11.3 Å². The van der Waals surface area contributed by atoms with E-state index >= 15 is 0 Å². The van der Waals surface area contributed by atoms with Crippen molar-refractivity contribution in [3.63, 3.8) is 0 Å². The minimum Gasteiger partial charge on any atom is -0.329 e. The molecule has 2 aromatic heterocycles. The molecule has 2 fully saturated rings. The average molecular weight is 445 g/mol. The van der Waals surface area contributed by atoms with Gasteiger partial charge in [-0.25, -0.2) is 9.78 Å². The number of alkyl halides is 3. The predicted molar refractivity (Wildman–Crippen MR) is 112 cm³/mol. The minimum absolute atomic E-state index is 0.252. The van der Waals surface area contributed by atoms with Crippen molar-refractivity contribution in [2.75, 3.05) is 25.0 Å². The first-order valence-corrected chi connectivity index (χ1v) is 10.4. The van der Waals surface area contributed by atoms with Gasteiger partial charge < -0.3 is 10.6 Å². The molecule has 2 amide bonds. The molecule has 3 aromatic rings. The third-order valence-corrected chi connectivity index (χ3v) is 5.53. The topological polar surface area (TPSA) is 70.7 Å². The van der Waals surface area contributed by atoms with Crippen LogP contribution in [0.25, 0.3) is 16.9 Å². The van der Waals surface area contributed by atoms with Gasteiger partial charge in [0.05, 0.1) is 24.5 Å². The van der Waals surface area contributed by atoms with Gasteiger partial charge in [0.2, 0.25) is 0 Å². The lowest BCUT2D eigenvalue weighted by atomic mass is 10.1. The van der Waals surface area contributed by atoms with E-state index in [0.717, 1.165) is 41.5 Å². The summed E-state index contributed by atoms with van der Waals surface area (Å²) in [4.78, 5) is 22.1. The highest BCUT2D eigenvalue weighted by atomic mass is 19.4. The molecule has 1 aliphatic heterocycles. The lowest BCUT2D eigenvalue weighted by Crippen LogP contribution is -2.36. The van der Waals surface area contributed by atoms with E-state index in [1.807, 2.05) is 33.9 Å². The molecule has 0 radical (unpaired) electrons. The Hall–Kier alpha value is -3.11. The van der Waals surface area contributed by atoms with Crippen molar-refractivity contribution in [2.45, 2.75) is 25.1 Å². The number of hydrogen-bond acceptors (Lipinski definition) is 4. The summed E-state index contributed by atoms with van der Waals surface area (Å²) in [6.45, 7) is 0.281. The molecule has 1 aliphatic carbocycles. The minimum atomic E-state index is -4.46. The maximum Gasteiger partial charge on any atom is 0.405 e.